The zero-order valence-electron chi connectivity index (χ0n) is 21.8. The Kier molecular flexibility index (Phi) is 7.45. The summed E-state index contributed by atoms with van der Waals surface area (Å²) >= 11 is 0. The van der Waals surface area contributed by atoms with Crippen molar-refractivity contribution in [3.63, 3.8) is 0 Å². The molecule has 10 heteroatoms. The lowest BCUT2D eigenvalue weighted by molar-refractivity contribution is -0.133. The van der Waals surface area contributed by atoms with Crippen molar-refractivity contribution in [2.45, 2.75) is 64.6 Å². The van der Waals surface area contributed by atoms with Gasteiger partial charge in [0.2, 0.25) is 11.9 Å². The highest BCUT2D eigenvalue weighted by Gasteiger charge is 2.34. The SMILES string of the molecule is CC(C)CC(N)C(=O)N1CCN(c2ccc(Nc3ncc4c(n3)N(C3CCCC3)C(=O)NC4)cc2)CC1. The van der Waals surface area contributed by atoms with Crippen LogP contribution in [0.3, 0.4) is 0 Å². The third-order valence-corrected chi connectivity index (χ3v) is 7.53. The van der Waals surface area contributed by atoms with E-state index in [9.17, 15) is 9.59 Å². The van der Waals surface area contributed by atoms with Gasteiger partial charge in [-0.2, -0.15) is 4.98 Å². The highest BCUT2D eigenvalue weighted by Crippen LogP contribution is 2.32. The Labute approximate surface area is 218 Å². The molecule has 1 unspecified atom stereocenters. The molecule has 2 aliphatic heterocycles. The average molecular weight is 507 g/mol. The number of fused-ring (bicyclic) bond motifs is 1. The van der Waals surface area contributed by atoms with E-state index in [1.165, 1.54) is 0 Å². The first kappa shape index (κ1) is 25.3. The molecule has 10 nitrogen and oxygen atoms in total. The number of nitrogens with two attached hydrogens (primary N) is 1. The number of carbonyl (C=O) groups is 2. The average Bonchev–Trinajstić information content (AvgIpc) is 3.43. The zero-order valence-corrected chi connectivity index (χ0v) is 21.8. The second-order valence-electron chi connectivity index (χ2n) is 10.7. The second kappa shape index (κ2) is 10.9. The van der Waals surface area contributed by atoms with E-state index >= 15 is 0 Å². The van der Waals surface area contributed by atoms with E-state index in [1.807, 2.05) is 21.9 Å². The zero-order chi connectivity index (χ0) is 25.9. The van der Waals surface area contributed by atoms with Crippen molar-refractivity contribution in [1.82, 2.24) is 20.2 Å². The number of urea groups is 1. The first-order valence-corrected chi connectivity index (χ1v) is 13.5. The van der Waals surface area contributed by atoms with E-state index in [0.717, 1.165) is 55.7 Å². The fourth-order valence-electron chi connectivity index (χ4n) is 5.56. The monoisotopic (exact) mass is 506 g/mol. The number of anilines is 4. The molecule has 2 fully saturated rings. The molecule has 0 spiro atoms. The summed E-state index contributed by atoms with van der Waals surface area (Å²) in [5, 5.41) is 6.24. The van der Waals surface area contributed by atoms with Crippen molar-refractivity contribution in [2.24, 2.45) is 11.7 Å². The molecule has 2 aromatic rings. The Morgan fingerprint density at radius 3 is 2.51 bits per heavy atom. The van der Waals surface area contributed by atoms with Crippen molar-refractivity contribution in [1.29, 1.82) is 0 Å². The van der Waals surface area contributed by atoms with E-state index in [-0.39, 0.29) is 18.0 Å². The lowest BCUT2D eigenvalue weighted by Gasteiger charge is -2.37. The van der Waals surface area contributed by atoms with Crippen LogP contribution < -0.4 is 26.2 Å². The Morgan fingerprint density at radius 2 is 1.84 bits per heavy atom. The van der Waals surface area contributed by atoms with Gasteiger partial charge >= 0.3 is 6.03 Å². The van der Waals surface area contributed by atoms with Crippen molar-refractivity contribution in [3.8, 4) is 0 Å². The summed E-state index contributed by atoms with van der Waals surface area (Å²) in [5.74, 6) is 1.66. The molecule has 1 saturated heterocycles. The maximum atomic E-state index is 12.6. The van der Waals surface area contributed by atoms with Crippen LogP contribution in [0.15, 0.2) is 30.5 Å². The molecule has 1 atom stereocenters. The summed E-state index contributed by atoms with van der Waals surface area (Å²) in [6.45, 7) is 7.54. The molecular weight excluding hydrogens is 468 g/mol. The fourth-order valence-corrected chi connectivity index (χ4v) is 5.56. The van der Waals surface area contributed by atoms with Gasteiger partial charge in [0.1, 0.15) is 5.82 Å². The van der Waals surface area contributed by atoms with Crippen LogP contribution >= 0.6 is 0 Å². The van der Waals surface area contributed by atoms with E-state index in [0.29, 0.717) is 43.7 Å². The predicted octanol–water partition coefficient (Wildman–Crippen LogP) is 3.21. The normalized spacial score (nSPS) is 19.1. The van der Waals surface area contributed by atoms with Crippen LogP contribution in [-0.2, 0) is 11.3 Å². The van der Waals surface area contributed by atoms with Gasteiger partial charge in [-0.25, -0.2) is 9.78 Å². The molecule has 0 radical (unpaired) electrons. The molecule has 3 amide bonds. The van der Waals surface area contributed by atoms with Gasteiger partial charge < -0.3 is 26.2 Å². The topological polar surface area (TPSA) is 120 Å². The van der Waals surface area contributed by atoms with Crippen molar-refractivity contribution < 1.29 is 9.59 Å². The molecule has 3 aliphatic rings. The number of piperazine rings is 1. The molecule has 4 N–H and O–H groups in total. The second-order valence-corrected chi connectivity index (χ2v) is 10.7. The van der Waals surface area contributed by atoms with Gasteiger partial charge in [0.15, 0.2) is 0 Å². The van der Waals surface area contributed by atoms with Gasteiger partial charge in [0, 0.05) is 61.9 Å². The molecule has 1 aromatic carbocycles. The van der Waals surface area contributed by atoms with Crippen molar-refractivity contribution in [2.75, 3.05) is 41.3 Å². The Bertz CT molecular complexity index is 1110. The van der Waals surface area contributed by atoms with Crippen molar-refractivity contribution in [3.05, 3.63) is 36.0 Å². The Balaban J connectivity index is 1.20. The number of hydrogen-bond acceptors (Lipinski definition) is 7. The molecule has 3 heterocycles. The number of amides is 3. The van der Waals surface area contributed by atoms with Crippen LogP contribution in [0.1, 0.15) is 51.5 Å². The molecular formula is C27H38N8O2. The first-order chi connectivity index (χ1) is 17.9. The predicted molar refractivity (Wildman–Crippen MR) is 145 cm³/mol. The summed E-state index contributed by atoms with van der Waals surface area (Å²) in [5.41, 5.74) is 9.04. The van der Waals surface area contributed by atoms with Gasteiger partial charge in [-0.15, -0.1) is 0 Å². The minimum atomic E-state index is -0.414. The van der Waals surface area contributed by atoms with Crippen LogP contribution in [-0.4, -0.2) is 65.1 Å². The molecule has 1 aliphatic carbocycles. The van der Waals surface area contributed by atoms with Crippen LogP contribution in [0.2, 0.25) is 0 Å². The van der Waals surface area contributed by atoms with Crippen LogP contribution in [0.5, 0.6) is 0 Å². The van der Waals surface area contributed by atoms with Crippen LogP contribution in [0.4, 0.5) is 27.9 Å². The third kappa shape index (κ3) is 5.64. The van der Waals surface area contributed by atoms with E-state index in [4.69, 9.17) is 10.7 Å². The quantitative estimate of drug-likeness (QED) is 0.527. The lowest BCUT2D eigenvalue weighted by atomic mass is 10.0. The number of nitrogens with zero attached hydrogens (tertiary/aromatic N) is 5. The van der Waals surface area contributed by atoms with Gasteiger partial charge in [0.25, 0.3) is 0 Å². The Morgan fingerprint density at radius 1 is 1.14 bits per heavy atom. The number of carbonyl (C=O) groups excluding carboxylic acids is 2. The molecule has 1 aromatic heterocycles. The van der Waals surface area contributed by atoms with E-state index in [2.05, 4.69) is 46.5 Å². The number of aromatic nitrogens is 2. The minimum absolute atomic E-state index is 0.0573. The maximum Gasteiger partial charge on any atom is 0.323 e. The summed E-state index contributed by atoms with van der Waals surface area (Å²) in [4.78, 5) is 40.5. The van der Waals surface area contributed by atoms with Gasteiger partial charge in [-0.05, 0) is 49.4 Å². The molecule has 5 rings (SSSR count). The lowest BCUT2D eigenvalue weighted by Crippen LogP contribution is -2.53. The van der Waals surface area contributed by atoms with E-state index < -0.39 is 6.04 Å². The number of benzene rings is 1. The molecule has 1 saturated carbocycles. The van der Waals surface area contributed by atoms with E-state index in [1.54, 1.807) is 6.20 Å². The highest BCUT2D eigenvalue weighted by atomic mass is 16.2. The highest BCUT2D eigenvalue weighted by molar-refractivity contribution is 5.94. The number of hydrogen-bond donors (Lipinski definition) is 3. The first-order valence-electron chi connectivity index (χ1n) is 13.5. The van der Waals surface area contributed by atoms with Gasteiger partial charge in [-0.1, -0.05) is 26.7 Å². The standard InChI is InChI=1S/C27H38N8O2/c1-18(2)15-23(28)25(36)34-13-11-33(12-14-34)21-9-7-20(8-10-21)31-26-29-16-19-17-30-27(37)35(24(19)32-26)22-5-3-4-6-22/h7-10,16,18,22-23H,3-6,11-15,17,28H2,1-2H3,(H,30,37)(H,29,31,32). The van der Waals surface area contributed by atoms with Crippen LogP contribution in [0, 0.1) is 5.92 Å². The Hall–Kier alpha value is -3.40. The largest absolute Gasteiger partial charge is 0.368 e. The summed E-state index contributed by atoms with van der Waals surface area (Å²) in [6.07, 6.45) is 6.82. The number of nitrogens with one attached hydrogen (secondary N) is 2. The minimum Gasteiger partial charge on any atom is -0.368 e. The third-order valence-electron chi connectivity index (χ3n) is 7.53. The summed E-state index contributed by atoms with van der Waals surface area (Å²) in [7, 11) is 0. The molecule has 0 bridgehead atoms. The van der Waals surface area contributed by atoms with Crippen molar-refractivity contribution >= 4 is 35.1 Å². The molecule has 198 valence electrons. The summed E-state index contributed by atoms with van der Waals surface area (Å²) < 4.78 is 0. The number of rotatable bonds is 7. The van der Waals surface area contributed by atoms with Gasteiger partial charge in [-0.3, -0.25) is 9.69 Å². The van der Waals surface area contributed by atoms with Crippen LogP contribution in [0.25, 0.3) is 0 Å². The smallest absolute Gasteiger partial charge is 0.323 e. The van der Waals surface area contributed by atoms with Gasteiger partial charge in [0.05, 0.1) is 6.04 Å². The molecule has 37 heavy (non-hydrogen) atoms. The summed E-state index contributed by atoms with van der Waals surface area (Å²) in [6, 6.07) is 7.87. The fraction of sp³-hybridized carbons (Fsp3) is 0.556. The maximum absolute atomic E-state index is 12.6.